The number of ether oxygens (including phenoxy) is 1. The average Bonchev–Trinajstić information content (AvgIpc) is 2.94. The van der Waals surface area contributed by atoms with E-state index in [1.165, 1.54) is 31.4 Å². The second-order valence-corrected chi connectivity index (χ2v) is 12.5. The van der Waals surface area contributed by atoms with Crippen molar-refractivity contribution in [2.24, 2.45) is 0 Å². The number of fused-ring (bicyclic) bond motifs is 1. The van der Waals surface area contributed by atoms with E-state index in [9.17, 15) is 8.42 Å². The number of hydrogen-bond acceptors (Lipinski definition) is 8. The number of rotatable bonds is 8. The van der Waals surface area contributed by atoms with Gasteiger partial charge in [-0.25, -0.2) is 22.8 Å². The minimum absolute atomic E-state index is 0.00733. The van der Waals surface area contributed by atoms with E-state index in [1.54, 1.807) is 12.3 Å². The zero-order chi connectivity index (χ0) is 29.3. The fourth-order valence-electron chi connectivity index (χ4n) is 5.22. The zero-order valence-electron chi connectivity index (χ0n) is 23.3. The molecule has 41 heavy (non-hydrogen) atoms. The molecule has 1 aliphatic carbocycles. The molecule has 4 aromatic rings. The third-order valence-corrected chi connectivity index (χ3v) is 9.28. The summed E-state index contributed by atoms with van der Waals surface area (Å²) in [5.41, 5.74) is 2.63. The molecular weight excluding hydrogens is 567 g/mol. The highest BCUT2D eigenvalue weighted by molar-refractivity contribution is 7.92. The van der Waals surface area contributed by atoms with Gasteiger partial charge >= 0.3 is 0 Å². The molecule has 0 saturated heterocycles. The lowest BCUT2D eigenvalue weighted by molar-refractivity contribution is 0.221. The number of anilines is 2. The van der Waals surface area contributed by atoms with Gasteiger partial charge in [0.1, 0.15) is 4.90 Å². The first-order valence-electron chi connectivity index (χ1n) is 13.3. The van der Waals surface area contributed by atoms with Crippen LogP contribution >= 0.6 is 11.6 Å². The van der Waals surface area contributed by atoms with Gasteiger partial charge in [0.25, 0.3) is 10.0 Å². The van der Waals surface area contributed by atoms with Crippen LogP contribution in [-0.2, 0) is 10.0 Å². The number of aryl methyl sites for hydroxylation is 1. The van der Waals surface area contributed by atoms with Crippen molar-refractivity contribution < 1.29 is 17.5 Å². The summed E-state index contributed by atoms with van der Waals surface area (Å²) in [6, 6.07) is 11.7. The second-order valence-electron chi connectivity index (χ2n) is 10.4. The van der Waals surface area contributed by atoms with Gasteiger partial charge < -0.3 is 15.0 Å². The lowest BCUT2D eigenvalue weighted by Gasteiger charge is -2.32. The molecule has 2 aromatic carbocycles. The van der Waals surface area contributed by atoms with E-state index in [4.69, 9.17) is 21.3 Å². The van der Waals surface area contributed by atoms with Crippen molar-refractivity contribution in [2.75, 3.05) is 31.2 Å². The molecule has 0 radical (unpaired) electrons. The van der Waals surface area contributed by atoms with Crippen LogP contribution in [0.15, 0.2) is 53.6 Å². The molecule has 1 saturated carbocycles. The number of nitrogens with zero attached hydrogens (tertiary/aromatic N) is 4. The maximum atomic E-state index is 15.2. The van der Waals surface area contributed by atoms with E-state index >= 15 is 4.39 Å². The van der Waals surface area contributed by atoms with Gasteiger partial charge in [0.15, 0.2) is 11.6 Å². The normalized spacial score (nSPS) is 17.5. The minimum Gasteiger partial charge on any atom is -0.480 e. The SMILES string of the molecule is COc1nc(NS(=O)(=O)c2ccccc2Cl)c(F)cc1-c1cc(C)c2nc(N[C@H]3CC[C@@H](N(C)C)CC3)ncc2c1. The second kappa shape index (κ2) is 11.8. The van der Waals surface area contributed by atoms with Crippen LogP contribution in [0.4, 0.5) is 16.2 Å². The Morgan fingerprint density at radius 2 is 1.80 bits per heavy atom. The molecule has 2 heterocycles. The Kier molecular flexibility index (Phi) is 8.30. The molecule has 0 amide bonds. The maximum absolute atomic E-state index is 15.2. The smallest absolute Gasteiger partial charge is 0.264 e. The third kappa shape index (κ3) is 6.22. The first-order valence-corrected chi connectivity index (χ1v) is 15.1. The Hall–Kier alpha value is -3.54. The average molecular weight is 599 g/mol. The highest BCUT2D eigenvalue weighted by Crippen LogP contribution is 2.35. The van der Waals surface area contributed by atoms with Gasteiger partial charge in [-0.1, -0.05) is 23.7 Å². The zero-order valence-corrected chi connectivity index (χ0v) is 24.9. The molecule has 12 heteroatoms. The van der Waals surface area contributed by atoms with Gasteiger partial charge in [0, 0.05) is 29.2 Å². The number of methoxy groups -OCH3 is 1. The summed E-state index contributed by atoms with van der Waals surface area (Å²) in [7, 11) is 1.45. The van der Waals surface area contributed by atoms with Crippen LogP contribution in [0.25, 0.3) is 22.0 Å². The van der Waals surface area contributed by atoms with Crippen LogP contribution in [0.3, 0.4) is 0 Å². The first-order chi connectivity index (χ1) is 19.6. The van der Waals surface area contributed by atoms with Crippen molar-refractivity contribution in [3.8, 4) is 17.0 Å². The van der Waals surface area contributed by atoms with Crippen LogP contribution in [0, 0.1) is 12.7 Å². The van der Waals surface area contributed by atoms with Gasteiger partial charge in [-0.2, -0.15) is 4.98 Å². The number of sulfonamides is 1. The number of halogens is 2. The molecule has 1 fully saturated rings. The molecule has 0 bridgehead atoms. The quantitative estimate of drug-likeness (QED) is 0.258. The van der Waals surface area contributed by atoms with Gasteiger partial charge in [0.05, 0.1) is 17.6 Å². The minimum atomic E-state index is -4.19. The summed E-state index contributed by atoms with van der Waals surface area (Å²) >= 11 is 6.04. The van der Waals surface area contributed by atoms with E-state index in [0.717, 1.165) is 42.1 Å². The molecule has 2 N–H and O–H groups in total. The van der Waals surface area contributed by atoms with Crippen molar-refractivity contribution in [3.05, 3.63) is 65.1 Å². The largest absolute Gasteiger partial charge is 0.480 e. The lowest BCUT2D eigenvalue weighted by Crippen LogP contribution is -2.36. The number of benzene rings is 2. The van der Waals surface area contributed by atoms with Crippen LogP contribution in [-0.4, -0.2) is 61.6 Å². The Morgan fingerprint density at radius 3 is 2.49 bits per heavy atom. The topological polar surface area (TPSA) is 109 Å². The van der Waals surface area contributed by atoms with E-state index in [-0.39, 0.29) is 15.8 Å². The highest BCUT2D eigenvalue weighted by Gasteiger charge is 2.24. The Labute approximate surface area is 244 Å². The van der Waals surface area contributed by atoms with Gasteiger partial charge in [-0.05, 0) is 88.2 Å². The van der Waals surface area contributed by atoms with E-state index in [1.807, 2.05) is 19.1 Å². The third-order valence-electron chi connectivity index (χ3n) is 7.44. The van der Waals surface area contributed by atoms with Gasteiger partial charge in [0.2, 0.25) is 11.8 Å². The fraction of sp³-hybridized carbons (Fsp3) is 0.345. The number of aromatic nitrogens is 3. The molecule has 0 spiro atoms. The molecule has 216 valence electrons. The summed E-state index contributed by atoms with van der Waals surface area (Å²) in [4.78, 5) is 15.5. The predicted molar refractivity (Wildman–Crippen MR) is 160 cm³/mol. The number of hydrogen-bond donors (Lipinski definition) is 2. The van der Waals surface area contributed by atoms with Crippen LogP contribution in [0.2, 0.25) is 5.02 Å². The van der Waals surface area contributed by atoms with Crippen LogP contribution in [0.5, 0.6) is 5.88 Å². The predicted octanol–water partition coefficient (Wildman–Crippen LogP) is 5.89. The van der Waals surface area contributed by atoms with Crippen molar-refractivity contribution in [1.29, 1.82) is 0 Å². The summed E-state index contributed by atoms with van der Waals surface area (Å²) in [5, 5.41) is 4.27. The van der Waals surface area contributed by atoms with Crippen molar-refractivity contribution in [2.45, 2.75) is 49.6 Å². The number of nitrogens with one attached hydrogen (secondary N) is 2. The summed E-state index contributed by atoms with van der Waals surface area (Å²) in [5.74, 6) is -0.729. The molecule has 9 nitrogen and oxygen atoms in total. The Balaban J connectivity index is 1.41. The van der Waals surface area contributed by atoms with Crippen LogP contribution in [0.1, 0.15) is 31.2 Å². The van der Waals surface area contributed by atoms with Crippen molar-refractivity contribution >= 4 is 44.3 Å². The monoisotopic (exact) mass is 598 g/mol. The van der Waals surface area contributed by atoms with Gasteiger partial charge in [-0.3, -0.25) is 4.72 Å². The summed E-state index contributed by atoms with van der Waals surface area (Å²) in [6.45, 7) is 1.92. The molecular formula is C29H32ClFN6O3S. The number of pyridine rings is 1. The molecule has 0 aliphatic heterocycles. The first kappa shape index (κ1) is 29.0. The Morgan fingerprint density at radius 1 is 1.07 bits per heavy atom. The molecule has 0 unspecified atom stereocenters. The molecule has 0 atom stereocenters. The Bertz CT molecular complexity index is 1690. The van der Waals surface area contributed by atoms with E-state index < -0.39 is 21.7 Å². The summed E-state index contributed by atoms with van der Waals surface area (Å²) in [6.07, 6.45) is 6.13. The summed E-state index contributed by atoms with van der Waals surface area (Å²) < 4.78 is 48.6. The highest BCUT2D eigenvalue weighted by atomic mass is 35.5. The van der Waals surface area contributed by atoms with Gasteiger partial charge in [-0.15, -0.1) is 0 Å². The van der Waals surface area contributed by atoms with Crippen molar-refractivity contribution in [1.82, 2.24) is 19.9 Å². The molecule has 2 aromatic heterocycles. The molecule has 1 aliphatic rings. The standard InChI is InChI=1S/C29H32ClFN6O3S/c1-17-13-18(14-19-16-32-29(34-26(17)19)33-20-9-11-21(12-10-20)37(2)3)22-15-24(31)27(35-28(22)40-4)36-41(38,39)25-8-6-5-7-23(25)30/h5-8,13-16,20-21H,9-12H2,1-4H3,(H,35,36)(H,32,33,34)/t20-,21+. The van der Waals surface area contributed by atoms with E-state index in [2.05, 4.69) is 39.0 Å². The lowest BCUT2D eigenvalue weighted by atomic mass is 9.90. The van der Waals surface area contributed by atoms with Crippen LogP contribution < -0.4 is 14.8 Å². The fourth-order valence-corrected chi connectivity index (χ4v) is 6.75. The van der Waals surface area contributed by atoms with E-state index in [0.29, 0.717) is 29.2 Å². The molecule has 5 rings (SSSR count). The van der Waals surface area contributed by atoms with Crippen molar-refractivity contribution in [3.63, 3.8) is 0 Å². The maximum Gasteiger partial charge on any atom is 0.264 e.